The Hall–Kier alpha value is -3.11. The molecule has 1 fully saturated rings. The van der Waals surface area contributed by atoms with Crippen LogP contribution in [0.25, 0.3) is 0 Å². The number of ether oxygens (including phenoxy) is 1. The number of aromatic nitrogens is 1. The van der Waals surface area contributed by atoms with E-state index in [9.17, 15) is 14.0 Å². The number of benzene rings is 1. The highest BCUT2D eigenvalue weighted by atomic mass is 19.1. The topological polar surface area (TPSA) is 72.4 Å². The second-order valence-corrected chi connectivity index (χ2v) is 8.71. The minimum Gasteiger partial charge on any atom is -0.381 e. The fourth-order valence-electron chi connectivity index (χ4n) is 4.46. The maximum Gasteiger partial charge on any atom is 0.294 e. The maximum absolute atomic E-state index is 13.5. The third-order valence-electron chi connectivity index (χ3n) is 6.54. The summed E-state index contributed by atoms with van der Waals surface area (Å²) in [5, 5.41) is 6.19. The monoisotopic (exact) mass is 453 g/mol. The molecule has 0 atom stereocenters. The standard InChI is InChI=1S/C26H32FN3O3/c1-6-13-33-21-10-7-19(8-11-21)29-26(32)25(31)24-17(3)22(18(4)30(24)5)15-28-20-9-12-23(27)16(2)14-20/h1,9,12,14,19,21,28H,7-8,10-11,13,15H2,2-5H3,(H,29,32). The first-order valence-electron chi connectivity index (χ1n) is 11.3. The van der Waals surface area contributed by atoms with Crippen molar-refractivity contribution < 1.29 is 18.7 Å². The van der Waals surface area contributed by atoms with Gasteiger partial charge in [-0.05, 0) is 81.3 Å². The summed E-state index contributed by atoms with van der Waals surface area (Å²) in [7, 11) is 1.79. The van der Waals surface area contributed by atoms with E-state index in [0.717, 1.165) is 48.2 Å². The predicted molar refractivity (Wildman–Crippen MR) is 127 cm³/mol. The minimum atomic E-state index is -0.583. The number of anilines is 1. The second kappa shape index (κ2) is 10.7. The van der Waals surface area contributed by atoms with Crippen LogP contribution < -0.4 is 10.6 Å². The molecule has 1 aliphatic carbocycles. The lowest BCUT2D eigenvalue weighted by atomic mass is 9.92. The normalized spacial score (nSPS) is 17.9. The summed E-state index contributed by atoms with van der Waals surface area (Å²) in [6.07, 6.45) is 8.47. The van der Waals surface area contributed by atoms with E-state index in [-0.39, 0.29) is 18.0 Å². The number of ketones is 1. The molecular weight excluding hydrogens is 421 g/mol. The van der Waals surface area contributed by atoms with Crippen LogP contribution in [0.1, 0.15) is 58.6 Å². The van der Waals surface area contributed by atoms with E-state index in [4.69, 9.17) is 11.2 Å². The van der Waals surface area contributed by atoms with Crippen LogP contribution in [0, 0.1) is 38.9 Å². The molecule has 1 saturated carbocycles. The van der Waals surface area contributed by atoms with E-state index in [1.54, 1.807) is 30.7 Å². The molecule has 0 spiro atoms. The van der Waals surface area contributed by atoms with E-state index in [0.29, 0.717) is 24.4 Å². The first-order chi connectivity index (χ1) is 15.7. The molecule has 0 radical (unpaired) electrons. The maximum atomic E-state index is 13.5. The number of hydrogen-bond acceptors (Lipinski definition) is 4. The van der Waals surface area contributed by atoms with Gasteiger partial charge >= 0.3 is 0 Å². The van der Waals surface area contributed by atoms with Crippen molar-refractivity contribution in [1.82, 2.24) is 9.88 Å². The lowest BCUT2D eigenvalue weighted by Crippen LogP contribution is -2.42. The molecule has 1 heterocycles. The summed E-state index contributed by atoms with van der Waals surface area (Å²) in [5.41, 5.74) is 4.37. The van der Waals surface area contributed by atoms with Gasteiger partial charge in [0.1, 0.15) is 12.4 Å². The molecule has 1 amide bonds. The molecule has 3 rings (SSSR count). The lowest BCUT2D eigenvalue weighted by Gasteiger charge is -2.28. The molecule has 0 unspecified atom stereocenters. The average Bonchev–Trinajstić information content (AvgIpc) is 3.01. The van der Waals surface area contributed by atoms with Gasteiger partial charge in [0, 0.05) is 31.0 Å². The smallest absolute Gasteiger partial charge is 0.294 e. The molecule has 1 aromatic carbocycles. The predicted octanol–water partition coefficient (Wildman–Crippen LogP) is 3.96. The minimum absolute atomic E-state index is 0.0448. The fraction of sp³-hybridized carbons (Fsp3) is 0.462. The fourth-order valence-corrected chi connectivity index (χ4v) is 4.46. The van der Waals surface area contributed by atoms with E-state index in [1.165, 1.54) is 6.07 Å². The van der Waals surface area contributed by atoms with Crippen LogP contribution >= 0.6 is 0 Å². The average molecular weight is 454 g/mol. The molecule has 1 aromatic heterocycles. The van der Waals surface area contributed by atoms with Crippen molar-refractivity contribution in [2.75, 3.05) is 11.9 Å². The quantitative estimate of drug-likeness (QED) is 0.361. The van der Waals surface area contributed by atoms with Gasteiger partial charge in [-0.1, -0.05) is 5.92 Å². The molecule has 1 aliphatic rings. The SMILES string of the molecule is C#CCOC1CCC(NC(=O)C(=O)c2c(C)c(CNc3ccc(F)c(C)c3)c(C)n2C)CC1. The van der Waals surface area contributed by atoms with E-state index in [2.05, 4.69) is 16.6 Å². The zero-order valence-corrected chi connectivity index (χ0v) is 19.8. The van der Waals surface area contributed by atoms with E-state index < -0.39 is 11.7 Å². The summed E-state index contributed by atoms with van der Waals surface area (Å²) in [4.78, 5) is 25.8. The number of nitrogens with zero attached hydrogens (tertiary/aromatic N) is 1. The molecule has 7 heteroatoms. The first-order valence-corrected chi connectivity index (χ1v) is 11.3. The Bertz CT molecular complexity index is 1080. The highest BCUT2D eigenvalue weighted by Gasteiger charge is 2.29. The molecule has 0 saturated heterocycles. The number of Topliss-reactive ketones (excluding diaryl/α,β-unsaturated/α-hetero) is 1. The van der Waals surface area contributed by atoms with Gasteiger partial charge < -0.3 is 19.9 Å². The van der Waals surface area contributed by atoms with Crippen LogP contribution in [0.2, 0.25) is 0 Å². The van der Waals surface area contributed by atoms with Crippen LogP contribution in [-0.4, -0.2) is 35.0 Å². The lowest BCUT2D eigenvalue weighted by molar-refractivity contribution is -0.118. The van der Waals surface area contributed by atoms with Gasteiger partial charge in [0.2, 0.25) is 0 Å². The Morgan fingerprint density at radius 2 is 1.91 bits per heavy atom. The van der Waals surface area contributed by atoms with Crippen molar-refractivity contribution >= 4 is 17.4 Å². The molecule has 176 valence electrons. The number of terminal acetylenes is 1. The highest BCUT2D eigenvalue weighted by molar-refractivity contribution is 6.42. The van der Waals surface area contributed by atoms with Gasteiger partial charge in [0.15, 0.2) is 0 Å². The van der Waals surface area contributed by atoms with Crippen molar-refractivity contribution in [3.05, 3.63) is 52.1 Å². The largest absolute Gasteiger partial charge is 0.381 e. The molecule has 0 aliphatic heterocycles. The summed E-state index contributed by atoms with van der Waals surface area (Å²) in [5.74, 6) is 1.11. The summed E-state index contributed by atoms with van der Waals surface area (Å²) < 4.78 is 20.9. The summed E-state index contributed by atoms with van der Waals surface area (Å²) >= 11 is 0. The van der Waals surface area contributed by atoms with E-state index in [1.807, 2.05) is 13.8 Å². The second-order valence-electron chi connectivity index (χ2n) is 8.71. The first kappa shape index (κ1) is 24.5. The van der Waals surface area contributed by atoms with Crippen LogP contribution in [0.15, 0.2) is 18.2 Å². The van der Waals surface area contributed by atoms with Crippen molar-refractivity contribution in [3.63, 3.8) is 0 Å². The number of rotatable bonds is 8. The van der Waals surface area contributed by atoms with Gasteiger partial charge in [-0.25, -0.2) is 4.39 Å². The number of halogens is 1. The molecule has 0 bridgehead atoms. The van der Waals surface area contributed by atoms with Crippen LogP contribution in [0.5, 0.6) is 0 Å². The van der Waals surface area contributed by atoms with Gasteiger partial charge in [-0.15, -0.1) is 6.42 Å². The zero-order chi connectivity index (χ0) is 24.1. The zero-order valence-electron chi connectivity index (χ0n) is 19.8. The molecule has 2 N–H and O–H groups in total. The van der Waals surface area contributed by atoms with Crippen molar-refractivity contribution in [2.24, 2.45) is 7.05 Å². The molecular formula is C26H32FN3O3. The molecule has 6 nitrogen and oxygen atoms in total. The Morgan fingerprint density at radius 3 is 2.55 bits per heavy atom. The summed E-state index contributed by atoms with van der Waals surface area (Å²) in [6, 6.07) is 4.81. The Kier molecular flexibility index (Phi) is 7.93. The number of nitrogens with one attached hydrogen (secondary N) is 2. The summed E-state index contributed by atoms with van der Waals surface area (Å²) in [6.45, 7) is 6.25. The number of carbonyl (C=O) groups excluding carboxylic acids is 2. The van der Waals surface area contributed by atoms with E-state index >= 15 is 0 Å². The number of amides is 1. The Balaban J connectivity index is 1.65. The van der Waals surface area contributed by atoms with Crippen LogP contribution in [0.4, 0.5) is 10.1 Å². The van der Waals surface area contributed by atoms with Gasteiger partial charge in [0.05, 0.1) is 11.8 Å². The van der Waals surface area contributed by atoms with Crippen LogP contribution in [-0.2, 0) is 23.1 Å². The van der Waals surface area contributed by atoms with Gasteiger partial charge in [-0.2, -0.15) is 0 Å². The van der Waals surface area contributed by atoms with Crippen LogP contribution in [0.3, 0.4) is 0 Å². The van der Waals surface area contributed by atoms with Crippen molar-refractivity contribution in [1.29, 1.82) is 0 Å². The number of aryl methyl sites for hydroxylation is 1. The van der Waals surface area contributed by atoms with Crippen molar-refractivity contribution in [2.45, 2.75) is 65.1 Å². The van der Waals surface area contributed by atoms with Gasteiger partial charge in [0.25, 0.3) is 11.7 Å². The third kappa shape index (κ3) is 5.63. The van der Waals surface area contributed by atoms with Gasteiger partial charge in [-0.3, -0.25) is 9.59 Å². The molecule has 33 heavy (non-hydrogen) atoms. The third-order valence-corrected chi connectivity index (χ3v) is 6.54. The Morgan fingerprint density at radius 1 is 1.21 bits per heavy atom. The van der Waals surface area contributed by atoms with Crippen molar-refractivity contribution in [3.8, 4) is 12.3 Å². The number of carbonyl (C=O) groups is 2. The number of hydrogen-bond donors (Lipinski definition) is 2. The highest BCUT2D eigenvalue weighted by Crippen LogP contribution is 2.25. The Labute approximate surface area is 194 Å². The molecule has 2 aromatic rings.